The Hall–Kier alpha value is -2.25. The first-order valence-electron chi connectivity index (χ1n) is 5.93. The molecule has 0 aliphatic heterocycles. The van der Waals surface area contributed by atoms with Gasteiger partial charge in [-0.1, -0.05) is 5.16 Å². The van der Waals surface area contributed by atoms with E-state index in [0.717, 1.165) is 4.68 Å². The molecule has 108 valence electrons. The number of rotatable bonds is 4. The van der Waals surface area contributed by atoms with Crippen LogP contribution in [0.15, 0.2) is 10.6 Å². The van der Waals surface area contributed by atoms with E-state index in [1.165, 1.54) is 6.07 Å². The van der Waals surface area contributed by atoms with Crippen LogP contribution in [0.4, 0.5) is 14.5 Å². The smallest absolute Gasteiger partial charge is 0.280 e. The quantitative estimate of drug-likeness (QED) is 0.935. The highest BCUT2D eigenvalue weighted by molar-refractivity contribution is 5.91. The van der Waals surface area contributed by atoms with Gasteiger partial charge in [0.05, 0.1) is 5.69 Å². The third-order valence-electron chi connectivity index (χ3n) is 2.75. The highest BCUT2D eigenvalue weighted by atomic mass is 19.3. The van der Waals surface area contributed by atoms with Crippen LogP contribution in [0.1, 0.15) is 29.3 Å². The third kappa shape index (κ3) is 2.84. The van der Waals surface area contributed by atoms with Crippen LogP contribution in [0, 0.1) is 20.8 Å². The van der Waals surface area contributed by atoms with Crippen molar-refractivity contribution in [2.45, 2.75) is 33.7 Å². The molecule has 1 amide bonds. The molecule has 0 fully saturated rings. The zero-order chi connectivity index (χ0) is 14.9. The van der Waals surface area contributed by atoms with Gasteiger partial charge in [-0.15, -0.1) is 0 Å². The number of carbonyl (C=O) groups excluding carboxylic acids is 1. The number of nitrogens with zero attached hydrogens (tertiary/aromatic N) is 3. The number of hydrogen-bond acceptors (Lipinski definition) is 4. The van der Waals surface area contributed by atoms with Crippen LogP contribution >= 0.6 is 0 Å². The predicted octanol–water partition coefficient (Wildman–Crippen LogP) is 2.37. The summed E-state index contributed by atoms with van der Waals surface area (Å²) in [6, 6.07) is 1.26. The number of aromatic nitrogens is 3. The molecule has 0 aliphatic carbocycles. The molecule has 0 saturated carbocycles. The molecule has 0 saturated heterocycles. The molecule has 0 radical (unpaired) electrons. The van der Waals surface area contributed by atoms with Gasteiger partial charge in [0.1, 0.15) is 23.6 Å². The number of anilines is 1. The second-order valence-electron chi connectivity index (χ2n) is 4.42. The van der Waals surface area contributed by atoms with Crippen molar-refractivity contribution in [2.75, 3.05) is 5.32 Å². The lowest BCUT2D eigenvalue weighted by molar-refractivity contribution is -0.117. The fourth-order valence-electron chi connectivity index (χ4n) is 1.84. The Morgan fingerprint density at radius 2 is 2.15 bits per heavy atom. The summed E-state index contributed by atoms with van der Waals surface area (Å²) in [5, 5.41) is 10.2. The maximum atomic E-state index is 12.8. The summed E-state index contributed by atoms with van der Waals surface area (Å²) in [6.45, 7) is 4.62. The van der Waals surface area contributed by atoms with Gasteiger partial charge in [0, 0.05) is 0 Å². The van der Waals surface area contributed by atoms with Gasteiger partial charge < -0.3 is 9.84 Å². The van der Waals surface area contributed by atoms with Crippen LogP contribution < -0.4 is 5.32 Å². The van der Waals surface area contributed by atoms with Gasteiger partial charge >= 0.3 is 0 Å². The minimum atomic E-state index is -2.68. The summed E-state index contributed by atoms with van der Waals surface area (Å²) in [5.41, 5.74) is 1.14. The maximum absolute atomic E-state index is 12.8. The molecule has 0 aromatic carbocycles. The number of halogens is 2. The molecule has 2 aromatic heterocycles. The van der Waals surface area contributed by atoms with E-state index in [-0.39, 0.29) is 12.2 Å². The van der Waals surface area contributed by atoms with Crippen molar-refractivity contribution in [1.29, 1.82) is 0 Å². The molecule has 2 heterocycles. The van der Waals surface area contributed by atoms with Crippen LogP contribution in [0.25, 0.3) is 0 Å². The Balaban J connectivity index is 2.13. The second kappa shape index (κ2) is 5.40. The van der Waals surface area contributed by atoms with Gasteiger partial charge in [0.25, 0.3) is 6.43 Å². The SMILES string of the molecule is Cc1cc(C(F)F)n(CC(=O)Nc2c(C)noc2C)n1. The molecule has 0 spiro atoms. The van der Waals surface area contributed by atoms with Gasteiger partial charge in [-0.3, -0.25) is 9.48 Å². The van der Waals surface area contributed by atoms with Crippen molar-refractivity contribution in [3.05, 3.63) is 28.9 Å². The molecule has 0 bridgehead atoms. The Kier molecular flexibility index (Phi) is 3.82. The monoisotopic (exact) mass is 284 g/mol. The maximum Gasteiger partial charge on any atom is 0.280 e. The summed E-state index contributed by atoms with van der Waals surface area (Å²) in [4.78, 5) is 11.9. The summed E-state index contributed by atoms with van der Waals surface area (Å²) < 4.78 is 31.5. The van der Waals surface area contributed by atoms with Gasteiger partial charge in [-0.25, -0.2) is 8.78 Å². The topological polar surface area (TPSA) is 73.0 Å². The van der Waals surface area contributed by atoms with Crippen molar-refractivity contribution in [3.63, 3.8) is 0 Å². The van der Waals surface area contributed by atoms with Crippen LogP contribution in [0.2, 0.25) is 0 Å². The van der Waals surface area contributed by atoms with E-state index in [4.69, 9.17) is 4.52 Å². The molecule has 0 aliphatic rings. The lowest BCUT2D eigenvalue weighted by Crippen LogP contribution is -2.21. The average molecular weight is 284 g/mol. The Labute approximate surface area is 113 Å². The van der Waals surface area contributed by atoms with E-state index >= 15 is 0 Å². The van der Waals surface area contributed by atoms with E-state index in [2.05, 4.69) is 15.6 Å². The van der Waals surface area contributed by atoms with Gasteiger partial charge in [0.2, 0.25) is 5.91 Å². The number of carbonyl (C=O) groups is 1. The molecule has 6 nitrogen and oxygen atoms in total. The first-order chi connectivity index (χ1) is 9.38. The molecule has 20 heavy (non-hydrogen) atoms. The van der Waals surface area contributed by atoms with E-state index in [9.17, 15) is 13.6 Å². The Bertz CT molecular complexity index is 614. The zero-order valence-electron chi connectivity index (χ0n) is 11.3. The molecule has 8 heteroatoms. The van der Waals surface area contributed by atoms with Crippen molar-refractivity contribution in [1.82, 2.24) is 14.9 Å². The minimum absolute atomic E-state index is 0.281. The van der Waals surface area contributed by atoms with E-state index in [1.54, 1.807) is 20.8 Å². The predicted molar refractivity (Wildman–Crippen MR) is 66.5 cm³/mol. The van der Waals surface area contributed by atoms with Gasteiger partial charge in [0.15, 0.2) is 5.76 Å². The number of hydrogen-bond donors (Lipinski definition) is 1. The molecule has 0 atom stereocenters. The lowest BCUT2D eigenvalue weighted by Gasteiger charge is -2.07. The molecular weight excluding hydrogens is 270 g/mol. The number of nitrogens with one attached hydrogen (secondary N) is 1. The Morgan fingerprint density at radius 3 is 2.70 bits per heavy atom. The summed E-state index contributed by atoms with van der Waals surface area (Å²) >= 11 is 0. The lowest BCUT2D eigenvalue weighted by atomic mass is 10.3. The van der Waals surface area contributed by atoms with Crippen LogP contribution in [0.3, 0.4) is 0 Å². The van der Waals surface area contributed by atoms with Crippen molar-refractivity contribution < 1.29 is 18.1 Å². The van der Waals surface area contributed by atoms with E-state index < -0.39 is 12.3 Å². The summed E-state index contributed by atoms with van der Waals surface area (Å²) in [7, 11) is 0. The van der Waals surface area contributed by atoms with E-state index in [1.807, 2.05) is 0 Å². The molecule has 2 aromatic rings. The Morgan fingerprint density at radius 1 is 1.45 bits per heavy atom. The van der Waals surface area contributed by atoms with Crippen molar-refractivity contribution in [3.8, 4) is 0 Å². The highest BCUT2D eigenvalue weighted by Crippen LogP contribution is 2.21. The fourth-order valence-corrected chi connectivity index (χ4v) is 1.84. The largest absolute Gasteiger partial charge is 0.359 e. The van der Waals surface area contributed by atoms with Crippen molar-refractivity contribution in [2.24, 2.45) is 0 Å². The minimum Gasteiger partial charge on any atom is -0.359 e. The molecule has 0 unspecified atom stereocenters. The first-order valence-corrected chi connectivity index (χ1v) is 5.93. The van der Waals surface area contributed by atoms with Crippen LogP contribution in [-0.4, -0.2) is 20.8 Å². The number of amides is 1. The van der Waals surface area contributed by atoms with Crippen LogP contribution in [-0.2, 0) is 11.3 Å². The standard InChI is InChI=1S/C12H14F2N4O2/c1-6-4-9(12(13)14)18(16-6)5-10(19)15-11-7(2)17-20-8(11)3/h4,12H,5H2,1-3H3,(H,15,19). The van der Waals surface area contributed by atoms with E-state index in [0.29, 0.717) is 22.8 Å². The molecule has 2 rings (SSSR count). The first kappa shape index (κ1) is 14.2. The van der Waals surface area contributed by atoms with Crippen molar-refractivity contribution >= 4 is 11.6 Å². The zero-order valence-corrected chi connectivity index (χ0v) is 11.3. The molecular formula is C12H14F2N4O2. The fraction of sp³-hybridized carbons (Fsp3) is 0.417. The average Bonchev–Trinajstić information content (AvgIpc) is 2.86. The van der Waals surface area contributed by atoms with Crippen LogP contribution in [0.5, 0.6) is 0 Å². The summed E-state index contributed by atoms with van der Waals surface area (Å²) in [5.74, 6) is -0.00835. The third-order valence-corrected chi connectivity index (χ3v) is 2.75. The van der Waals surface area contributed by atoms with Gasteiger partial charge in [-0.05, 0) is 26.8 Å². The molecule has 1 N–H and O–H groups in total. The second-order valence-corrected chi connectivity index (χ2v) is 4.42. The van der Waals surface area contributed by atoms with Gasteiger partial charge in [-0.2, -0.15) is 5.10 Å². The highest BCUT2D eigenvalue weighted by Gasteiger charge is 2.18. The number of alkyl halides is 2. The summed E-state index contributed by atoms with van der Waals surface area (Å²) in [6.07, 6.45) is -2.68. The number of aryl methyl sites for hydroxylation is 3. The normalized spacial score (nSPS) is 11.1.